The van der Waals surface area contributed by atoms with Crippen molar-refractivity contribution in [2.24, 2.45) is 5.73 Å². The van der Waals surface area contributed by atoms with E-state index in [0.29, 0.717) is 6.42 Å². The molecule has 0 radical (unpaired) electrons. The Morgan fingerprint density at radius 2 is 1.94 bits per heavy atom. The van der Waals surface area contributed by atoms with Crippen LogP contribution in [0, 0.1) is 0 Å². The van der Waals surface area contributed by atoms with E-state index in [1.165, 1.54) is 0 Å². The Labute approximate surface area is 109 Å². The maximum absolute atomic E-state index is 11.7. The van der Waals surface area contributed by atoms with Gasteiger partial charge in [0.25, 0.3) is 0 Å². The SMILES string of the molecule is COc1ccc([C@@H](C)NC(=O)CC(C)(C)N)cc1. The van der Waals surface area contributed by atoms with Crippen molar-refractivity contribution in [2.75, 3.05) is 7.11 Å². The minimum atomic E-state index is -0.482. The molecule has 0 heterocycles. The number of methoxy groups -OCH3 is 1. The van der Waals surface area contributed by atoms with E-state index in [4.69, 9.17) is 10.5 Å². The second-order valence-corrected chi connectivity index (χ2v) is 5.23. The zero-order chi connectivity index (χ0) is 13.8. The summed E-state index contributed by atoms with van der Waals surface area (Å²) in [6.07, 6.45) is 0.313. The van der Waals surface area contributed by atoms with Gasteiger partial charge in [-0.05, 0) is 38.5 Å². The van der Waals surface area contributed by atoms with Gasteiger partial charge in [0.05, 0.1) is 13.2 Å². The molecule has 0 aliphatic carbocycles. The van der Waals surface area contributed by atoms with Crippen molar-refractivity contribution >= 4 is 5.91 Å². The van der Waals surface area contributed by atoms with Gasteiger partial charge in [0.15, 0.2) is 0 Å². The summed E-state index contributed by atoms with van der Waals surface area (Å²) >= 11 is 0. The average molecular weight is 250 g/mol. The van der Waals surface area contributed by atoms with Crippen LogP contribution in [0.5, 0.6) is 5.75 Å². The highest BCUT2D eigenvalue weighted by Gasteiger charge is 2.18. The summed E-state index contributed by atoms with van der Waals surface area (Å²) in [7, 11) is 1.63. The Hall–Kier alpha value is -1.55. The van der Waals surface area contributed by atoms with Gasteiger partial charge in [-0.15, -0.1) is 0 Å². The molecule has 0 aliphatic rings. The van der Waals surface area contributed by atoms with Gasteiger partial charge in [-0.25, -0.2) is 0 Å². The van der Waals surface area contributed by atoms with Crippen molar-refractivity contribution < 1.29 is 9.53 Å². The lowest BCUT2D eigenvalue weighted by Gasteiger charge is -2.20. The van der Waals surface area contributed by atoms with Crippen molar-refractivity contribution in [3.8, 4) is 5.75 Å². The molecule has 1 aromatic carbocycles. The van der Waals surface area contributed by atoms with E-state index in [0.717, 1.165) is 11.3 Å². The standard InChI is InChI=1S/C14H22N2O2/c1-10(16-13(17)9-14(2,3)15)11-5-7-12(18-4)8-6-11/h5-8,10H,9,15H2,1-4H3,(H,16,17)/t10-/m1/s1. The molecule has 1 atom stereocenters. The number of nitrogens with one attached hydrogen (secondary N) is 1. The number of hydrogen-bond donors (Lipinski definition) is 2. The van der Waals surface area contributed by atoms with Crippen molar-refractivity contribution in [2.45, 2.75) is 38.8 Å². The number of carbonyl (C=O) groups is 1. The van der Waals surface area contributed by atoms with Crippen LogP contribution < -0.4 is 15.8 Å². The summed E-state index contributed by atoms with van der Waals surface area (Å²) in [6.45, 7) is 5.62. The molecule has 0 fully saturated rings. The molecule has 0 aromatic heterocycles. The van der Waals surface area contributed by atoms with Gasteiger partial charge in [-0.2, -0.15) is 0 Å². The number of amides is 1. The highest BCUT2D eigenvalue weighted by molar-refractivity contribution is 5.77. The topological polar surface area (TPSA) is 64.3 Å². The fourth-order valence-corrected chi connectivity index (χ4v) is 1.68. The fourth-order valence-electron chi connectivity index (χ4n) is 1.68. The number of rotatable bonds is 5. The van der Waals surface area contributed by atoms with E-state index < -0.39 is 5.54 Å². The molecule has 0 unspecified atom stereocenters. The Morgan fingerprint density at radius 3 is 2.39 bits per heavy atom. The quantitative estimate of drug-likeness (QED) is 0.840. The molecule has 100 valence electrons. The summed E-state index contributed by atoms with van der Waals surface area (Å²) in [4.78, 5) is 11.7. The zero-order valence-corrected chi connectivity index (χ0v) is 11.5. The summed E-state index contributed by atoms with van der Waals surface area (Å²) in [5.74, 6) is 0.770. The average Bonchev–Trinajstić information content (AvgIpc) is 2.26. The second-order valence-electron chi connectivity index (χ2n) is 5.23. The van der Waals surface area contributed by atoms with E-state index in [1.807, 2.05) is 45.0 Å². The fraction of sp³-hybridized carbons (Fsp3) is 0.500. The first-order valence-electron chi connectivity index (χ1n) is 6.04. The molecule has 0 spiro atoms. The van der Waals surface area contributed by atoms with Gasteiger partial charge in [-0.1, -0.05) is 12.1 Å². The molecule has 4 heteroatoms. The predicted octanol–water partition coefficient (Wildman–Crippen LogP) is 2.00. The molecule has 0 bridgehead atoms. The summed E-state index contributed by atoms with van der Waals surface area (Å²) in [5, 5.41) is 2.93. The van der Waals surface area contributed by atoms with Gasteiger partial charge >= 0.3 is 0 Å². The van der Waals surface area contributed by atoms with Crippen LogP contribution in [0.1, 0.15) is 38.8 Å². The minimum Gasteiger partial charge on any atom is -0.497 e. The van der Waals surface area contributed by atoms with E-state index in [1.54, 1.807) is 7.11 Å². The van der Waals surface area contributed by atoms with Crippen molar-refractivity contribution in [1.29, 1.82) is 0 Å². The number of nitrogens with two attached hydrogens (primary N) is 1. The van der Waals surface area contributed by atoms with Gasteiger partial charge in [0.1, 0.15) is 5.75 Å². The molecule has 1 amide bonds. The minimum absolute atomic E-state index is 0.0363. The molecule has 18 heavy (non-hydrogen) atoms. The maximum Gasteiger partial charge on any atom is 0.222 e. The monoisotopic (exact) mass is 250 g/mol. The zero-order valence-electron chi connectivity index (χ0n) is 11.5. The predicted molar refractivity (Wildman–Crippen MR) is 72.4 cm³/mol. The third kappa shape index (κ3) is 4.75. The summed E-state index contributed by atoms with van der Waals surface area (Å²) < 4.78 is 5.09. The van der Waals surface area contributed by atoms with Crippen LogP contribution in [0.25, 0.3) is 0 Å². The van der Waals surface area contributed by atoms with Crippen molar-refractivity contribution in [3.63, 3.8) is 0 Å². The Balaban J connectivity index is 2.59. The molecule has 3 N–H and O–H groups in total. The number of benzene rings is 1. The van der Waals surface area contributed by atoms with Crippen molar-refractivity contribution in [3.05, 3.63) is 29.8 Å². The van der Waals surface area contributed by atoms with E-state index in [9.17, 15) is 4.79 Å². The number of carbonyl (C=O) groups excluding carboxylic acids is 1. The van der Waals surface area contributed by atoms with Crippen LogP contribution in [0.2, 0.25) is 0 Å². The van der Waals surface area contributed by atoms with Gasteiger partial charge in [-0.3, -0.25) is 4.79 Å². The van der Waals surface area contributed by atoms with Gasteiger partial charge in [0, 0.05) is 12.0 Å². The van der Waals surface area contributed by atoms with Crippen LogP contribution in [-0.4, -0.2) is 18.6 Å². The Morgan fingerprint density at radius 1 is 1.39 bits per heavy atom. The Kier molecular flexibility index (Phi) is 4.73. The van der Waals surface area contributed by atoms with Crippen LogP contribution in [0.3, 0.4) is 0 Å². The van der Waals surface area contributed by atoms with E-state index >= 15 is 0 Å². The highest BCUT2D eigenvalue weighted by Crippen LogP contribution is 2.17. The Bertz CT molecular complexity index is 393. The third-order valence-electron chi connectivity index (χ3n) is 2.61. The van der Waals surface area contributed by atoms with Crippen LogP contribution >= 0.6 is 0 Å². The molecular weight excluding hydrogens is 228 g/mol. The van der Waals surface area contributed by atoms with Crippen LogP contribution in [0.4, 0.5) is 0 Å². The molecule has 1 aromatic rings. The maximum atomic E-state index is 11.7. The lowest BCUT2D eigenvalue weighted by Crippen LogP contribution is -2.39. The molecule has 1 rings (SSSR count). The smallest absolute Gasteiger partial charge is 0.222 e. The molecule has 0 aliphatic heterocycles. The molecule has 0 saturated heterocycles. The van der Waals surface area contributed by atoms with Gasteiger partial charge < -0.3 is 15.8 Å². The number of ether oxygens (including phenoxy) is 1. The molecule has 0 saturated carbocycles. The largest absolute Gasteiger partial charge is 0.497 e. The number of hydrogen-bond acceptors (Lipinski definition) is 3. The van der Waals surface area contributed by atoms with E-state index in [2.05, 4.69) is 5.32 Å². The van der Waals surface area contributed by atoms with Crippen molar-refractivity contribution in [1.82, 2.24) is 5.32 Å². The molecular formula is C14H22N2O2. The highest BCUT2D eigenvalue weighted by atomic mass is 16.5. The lowest BCUT2D eigenvalue weighted by molar-refractivity contribution is -0.122. The van der Waals surface area contributed by atoms with E-state index in [-0.39, 0.29) is 11.9 Å². The second kappa shape index (κ2) is 5.87. The first kappa shape index (κ1) is 14.5. The third-order valence-corrected chi connectivity index (χ3v) is 2.61. The first-order valence-corrected chi connectivity index (χ1v) is 6.04. The van der Waals surface area contributed by atoms with Crippen LogP contribution in [-0.2, 0) is 4.79 Å². The van der Waals surface area contributed by atoms with Crippen LogP contribution in [0.15, 0.2) is 24.3 Å². The normalized spacial score (nSPS) is 12.9. The summed E-state index contributed by atoms with van der Waals surface area (Å²) in [5.41, 5.74) is 6.37. The van der Waals surface area contributed by atoms with Gasteiger partial charge in [0.2, 0.25) is 5.91 Å². The first-order chi connectivity index (χ1) is 8.31. The summed E-state index contributed by atoms with van der Waals surface area (Å²) in [6, 6.07) is 7.61. The lowest BCUT2D eigenvalue weighted by atomic mass is 10.0. The molecule has 4 nitrogen and oxygen atoms in total.